The van der Waals surface area contributed by atoms with E-state index in [1.165, 1.54) is 32.7 Å². The smallest absolute Gasteiger partial charge is 0.529 e. The maximum atomic E-state index is 5.91. The Hall–Kier alpha value is -5.42. The number of nitrogens with one attached hydrogen (secondary N) is 2. The molecule has 41 heavy (non-hydrogen) atoms. The van der Waals surface area contributed by atoms with Gasteiger partial charge in [-0.25, -0.2) is 0 Å². The Labute approximate surface area is 237 Å². The van der Waals surface area contributed by atoms with Crippen molar-refractivity contribution in [3.8, 4) is 33.8 Å². The third kappa shape index (κ3) is 4.10. The van der Waals surface area contributed by atoms with Crippen LogP contribution in [-0.4, -0.2) is 17.7 Å². The Morgan fingerprint density at radius 1 is 0.390 bits per heavy atom. The van der Waals surface area contributed by atoms with Crippen LogP contribution in [0.5, 0.6) is 11.5 Å². The molecule has 0 fully saturated rings. The summed E-state index contributed by atoms with van der Waals surface area (Å²) < 4.78 is 11.8. The summed E-state index contributed by atoms with van der Waals surface area (Å²) in [4.78, 5) is 7.18. The fraction of sp³-hybridized carbons (Fsp3) is 0. The summed E-state index contributed by atoms with van der Waals surface area (Å²) in [5, 5.41) is 4.94. The molecule has 8 aromatic rings. The Morgan fingerprint density at radius 2 is 0.805 bits per heavy atom. The predicted octanol–water partition coefficient (Wildman–Crippen LogP) is 9.01. The second-order valence-electron chi connectivity index (χ2n) is 10.3. The molecule has 0 radical (unpaired) electrons. The highest BCUT2D eigenvalue weighted by Gasteiger charge is 2.11. The van der Waals surface area contributed by atoms with Crippen molar-refractivity contribution in [2.75, 3.05) is 0 Å². The molecule has 0 aliphatic heterocycles. The molecular formula is C36H25BN2O2. The molecule has 4 nitrogen and oxygen atoms in total. The molecule has 0 aliphatic carbocycles. The average molecular weight is 528 g/mol. The fourth-order valence-electron chi connectivity index (χ4n) is 5.85. The Balaban J connectivity index is 0.962. The van der Waals surface area contributed by atoms with Gasteiger partial charge in [0.25, 0.3) is 0 Å². The molecule has 6 aromatic carbocycles. The standard InChI is InChI=1S/C36H25BN2O2/c1-3-13-33-29(7-1)31-11-5-9-27(35(31)38-33)23-15-19-25(20-16-23)40-37-41-26-21-17-24(18-22-26)28-10-6-12-32-30-8-2-4-14-34(30)39-36(28)32/h1-22,37-39H. The van der Waals surface area contributed by atoms with Gasteiger partial charge in [0, 0.05) is 43.7 Å². The van der Waals surface area contributed by atoms with Crippen molar-refractivity contribution in [1.82, 2.24) is 9.97 Å². The zero-order valence-corrected chi connectivity index (χ0v) is 22.2. The van der Waals surface area contributed by atoms with Gasteiger partial charge in [-0.15, -0.1) is 0 Å². The number of H-pyrrole nitrogens is 2. The van der Waals surface area contributed by atoms with Crippen molar-refractivity contribution in [2.45, 2.75) is 0 Å². The second kappa shape index (κ2) is 9.65. The average Bonchev–Trinajstić information content (AvgIpc) is 3.60. The summed E-state index contributed by atoms with van der Waals surface area (Å²) in [6.45, 7) is 0. The first kappa shape index (κ1) is 23.5. The SMILES string of the molecule is B(Oc1ccc(-c2cccc3c2[nH]c2ccccc23)cc1)Oc1ccc(-c2cccc3c2[nH]c2ccccc23)cc1. The lowest BCUT2D eigenvalue weighted by atomic mass is 10.0. The van der Waals surface area contributed by atoms with Gasteiger partial charge in [-0.05, 0) is 47.5 Å². The molecule has 2 heterocycles. The van der Waals surface area contributed by atoms with Gasteiger partial charge in [0.15, 0.2) is 0 Å². The summed E-state index contributed by atoms with van der Waals surface area (Å²) >= 11 is 0. The summed E-state index contributed by atoms with van der Waals surface area (Å²) in [7, 11) is 0.133. The molecule has 0 unspecified atom stereocenters. The molecule has 0 saturated heterocycles. The third-order valence-corrected chi connectivity index (χ3v) is 7.86. The summed E-state index contributed by atoms with van der Waals surface area (Å²) in [5.41, 5.74) is 9.20. The first-order chi connectivity index (χ1) is 20.3. The van der Waals surface area contributed by atoms with Crippen molar-refractivity contribution in [2.24, 2.45) is 0 Å². The second-order valence-corrected chi connectivity index (χ2v) is 10.3. The number of hydrogen-bond acceptors (Lipinski definition) is 2. The van der Waals surface area contributed by atoms with E-state index in [2.05, 4.69) is 119 Å². The van der Waals surface area contributed by atoms with Crippen LogP contribution in [0.4, 0.5) is 0 Å². The number of hydrogen-bond donors (Lipinski definition) is 2. The number of para-hydroxylation sites is 4. The minimum atomic E-state index is 0.133. The van der Waals surface area contributed by atoms with Gasteiger partial charge in [0.1, 0.15) is 11.5 Å². The number of aromatic amines is 2. The van der Waals surface area contributed by atoms with E-state index in [1.807, 2.05) is 24.3 Å². The van der Waals surface area contributed by atoms with Crippen molar-refractivity contribution in [3.63, 3.8) is 0 Å². The fourth-order valence-corrected chi connectivity index (χ4v) is 5.85. The van der Waals surface area contributed by atoms with Crippen LogP contribution in [0, 0.1) is 0 Å². The Bertz CT molecular complexity index is 2020. The van der Waals surface area contributed by atoms with Gasteiger partial charge in [-0.3, -0.25) is 0 Å². The van der Waals surface area contributed by atoms with Crippen molar-refractivity contribution < 1.29 is 9.31 Å². The Morgan fingerprint density at radius 3 is 1.27 bits per heavy atom. The molecule has 0 bridgehead atoms. The van der Waals surface area contributed by atoms with Gasteiger partial charge in [0.2, 0.25) is 0 Å². The molecule has 5 heteroatoms. The first-order valence-electron chi connectivity index (χ1n) is 13.8. The topological polar surface area (TPSA) is 50.0 Å². The van der Waals surface area contributed by atoms with Gasteiger partial charge in [0.05, 0.1) is 11.0 Å². The van der Waals surface area contributed by atoms with E-state index in [0.717, 1.165) is 44.7 Å². The lowest BCUT2D eigenvalue weighted by Crippen LogP contribution is -2.10. The van der Waals surface area contributed by atoms with Crippen molar-refractivity contribution in [3.05, 3.63) is 133 Å². The molecule has 2 N–H and O–H groups in total. The molecule has 0 aliphatic rings. The highest BCUT2D eigenvalue weighted by molar-refractivity contribution is 6.20. The quantitative estimate of drug-likeness (QED) is 0.212. The van der Waals surface area contributed by atoms with Crippen LogP contribution in [0.15, 0.2) is 133 Å². The number of fused-ring (bicyclic) bond motifs is 6. The van der Waals surface area contributed by atoms with Crippen LogP contribution in [0.2, 0.25) is 0 Å². The van der Waals surface area contributed by atoms with E-state index >= 15 is 0 Å². The normalized spacial score (nSPS) is 11.4. The van der Waals surface area contributed by atoms with Crippen LogP contribution in [0.25, 0.3) is 65.9 Å². The third-order valence-electron chi connectivity index (χ3n) is 7.86. The summed E-state index contributed by atoms with van der Waals surface area (Å²) in [5.74, 6) is 1.53. The largest absolute Gasteiger partial charge is 0.576 e. The van der Waals surface area contributed by atoms with E-state index < -0.39 is 0 Å². The lowest BCUT2D eigenvalue weighted by molar-refractivity contribution is 0.459. The predicted molar refractivity (Wildman–Crippen MR) is 171 cm³/mol. The number of benzene rings is 6. The maximum Gasteiger partial charge on any atom is 0.576 e. The van der Waals surface area contributed by atoms with Crippen molar-refractivity contribution in [1.29, 1.82) is 0 Å². The van der Waals surface area contributed by atoms with E-state index in [1.54, 1.807) is 0 Å². The minimum absolute atomic E-state index is 0.133. The van der Waals surface area contributed by atoms with Crippen LogP contribution >= 0.6 is 0 Å². The molecule has 0 saturated carbocycles. The van der Waals surface area contributed by atoms with Gasteiger partial charge < -0.3 is 19.3 Å². The van der Waals surface area contributed by atoms with E-state index in [0.29, 0.717) is 0 Å². The molecule has 8 rings (SSSR count). The maximum absolute atomic E-state index is 5.91. The summed E-state index contributed by atoms with van der Waals surface area (Å²) in [6.07, 6.45) is 0. The molecule has 2 aromatic heterocycles. The summed E-state index contributed by atoms with van der Waals surface area (Å²) in [6, 6.07) is 46.0. The van der Waals surface area contributed by atoms with E-state index in [-0.39, 0.29) is 7.69 Å². The highest BCUT2D eigenvalue weighted by Crippen LogP contribution is 2.35. The molecule has 194 valence electrons. The van der Waals surface area contributed by atoms with Crippen LogP contribution < -0.4 is 9.31 Å². The number of rotatable bonds is 6. The van der Waals surface area contributed by atoms with Gasteiger partial charge in [-0.2, -0.15) is 0 Å². The van der Waals surface area contributed by atoms with Crippen LogP contribution in [-0.2, 0) is 0 Å². The molecular weight excluding hydrogens is 503 g/mol. The van der Waals surface area contributed by atoms with Gasteiger partial charge in [-0.1, -0.05) is 97.1 Å². The van der Waals surface area contributed by atoms with E-state index in [4.69, 9.17) is 9.31 Å². The molecule has 0 amide bonds. The molecule has 0 spiro atoms. The zero-order chi connectivity index (χ0) is 27.2. The minimum Gasteiger partial charge on any atom is -0.529 e. The molecule has 0 atom stereocenters. The monoisotopic (exact) mass is 528 g/mol. The van der Waals surface area contributed by atoms with Crippen LogP contribution in [0.3, 0.4) is 0 Å². The van der Waals surface area contributed by atoms with E-state index in [9.17, 15) is 0 Å². The van der Waals surface area contributed by atoms with Gasteiger partial charge >= 0.3 is 7.69 Å². The number of aromatic nitrogens is 2. The Kier molecular flexibility index (Phi) is 5.52. The first-order valence-corrected chi connectivity index (χ1v) is 13.8. The van der Waals surface area contributed by atoms with Crippen LogP contribution in [0.1, 0.15) is 0 Å². The van der Waals surface area contributed by atoms with Crippen molar-refractivity contribution >= 4 is 51.3 Å². The lowest BCUT2D eigenvalue weighted by Gasteiger charge is -2.10. The highest BCUT2D eigenvalue weighted by atomic mass is 16.6. The zero-order valence-electron chi connectivity index (χ0n) is 22.2.